The Kier molecular flexibility index (Phi) is 10.9. The molecule has 0 saturated carbocycles. The second-order valence-corrected chi connectivity index (χ2v) is 6.84. The molecule has 0 aliphatic rings. The molecule has 0 spiro atoms. The Bertz CT molecular complexity index is 457. The van der Waals surface area contributed by atoms with E-state index >= 15 is 0 Å². The summed E-state index contributed by atoms with van der Waals surface area (Å²) in [5.41, 5.74) is 0. The molecule has 0 aromatic heterocycles. The van der Waals surface area contributed by atoms with Crippen molar-refractivity contribution in [3.8, 4) is 0 Å². The van der Waals surface area contributed by atoms with Crippen molar-refractivity contribution < 1.29 is 60.2 Å². The fourth-order valence-electron chi connectivity index (χ4n) is 1.49. The predicted octanol–water partition coefficient (Wildman–Crippen LogP) is -2.84. The van der Waals surface area contributed by atoms with Crippen LogP contribution in [0.15, 0.2) is 12.7 Å². The molecule has 2 atom stereocenters. The Morgan fingerprint density at radius 3 is 2.21 bits per heavy atom. The Balaban J connectivity index is 0. The maximum absolute atomic E-state index is 11.0. The largest absolute Gasteiger partial charge is 1.00 e. The number of hydrogen-bond acceptors (Lipinski definition) is 6. The molecule has 0 heterocycles. The van der Waals surface area contributed by atoms with Crippen LogP contribution in [0.4, 0.5) is 0 Å². The van der Waals surface area contributed by atoms with E-state index in [1.807, 2.05) is 0 Å². The van der Waals surface area contributed by atoms with Crippen LogP contribution in [0.3, 0.4) is 0 Å². The third-order valence-electron chi connectivity index (χ3n) is 2.28. The third kappa shape index (κ3) is 9.97. The molecule has 0 amide bonds. The van der Waals surface area contributed by atoms with E-state index in [0.29, 0.717) is 0 Å². The first kappa shape index (κ1) is 21.8. The Morgan fingerprint density at radius 2 is 1.89 bits per heavy atom. The van der Waals surface area contributed by atoms with Crippen molar-refractivity contribution in [2.75, 3.05) is 12.4 Å². The van der Waals surface area contributed by atoms with E-state index in [1.54, 1.807) is 0 Å². The minimum Gasteiger partial charge on any atom is -0.748 e. The summed E-state index contributed by atoms with van der Waals surface area (Å²) in [6.45, 7) is 4.84. The van der Waals surface area contributed by atoms with Gasteiger partial charge in [-0.15, -0.1) is 6.58 Å². The summed E-state index contributed by atoms with van der Waals surface area (Å²) in [5, 5.41) is -1.35. The standard InChI is InChI=1S/C9H18O7S2.Na/c1-3-6-16-8(5-7-17(10,11)12)9(4-2)18(13,14)15;/h3,8-9H,1,4-7H2,2H3,(H,10,11,12)(H,13,14,15);/q;+1/p-1. The summed E-state index contributed by atoms with van der Waals surface area (Å²) in [6.07, 6.45) is -0.00600. The van der Waals surface area contributed by atoms with E-state index in [-0.39, 0.29) is 49.0 Å². The molecule has 0 rings (SSSR count). The topological polar surface area (TPSA) is 121 Å². The van der Waals surface area contributed by atoms with Crippen molar-refractivity contribution in [3.05, 3.63) is 12.7 Å². The zero-order valence-corrected chi connectivity index (χ0v) is 14.6. The van der Waals surface area contributed by atoms with Gasteiger partial charge in [0.15, 0.2) is 0 Å². The maximum Gasteiger partial charge on any atom is 1.00 e. The van der Waals surface area contributed by atoms with Crippen molar-refractivity contribution in [2.45, 2.75) is 31.1 Å². The number of hydrogen-bond donors (Lipinski definition) is 1. The first-order chi connectivity index (χ1) is 8.11. The van der Waals surface area contributed by atoms with E-state index in [1.165, 1.54) is 13.0 Å². The number of rotatable bonds is 9. The molecule has 1 N–H and O–H groups in total. The van der Waals surface area contributed by atoms with Crippen molar-refractivity contribution in [1.29, 1.82) is 0 Å². The molecule has 0 aliphatic carbocycles. The molecule has 0 saturated heterocycles. The minimum atomic E-state index is -4.60. The van der Waals surface area contributed by atoms with Crippen LogP contribution in [0.2, 0.25) is 0 Å². The molecule has 2 unspecified atom stereocenters. The molecule has 0 aromatic rings. The quantitative estimate of drug-likeness (QED) is 0.275. The normalized spacial score (nSPS) is 15.3. The van der Waals surface area contributed by atoms with Gasteiger partial charge >= 0.3 is 29.6 Å². The summed E-state index contributed by atoms with van der Waals surface area (Å²) in [7, 11) is -8.83. The SMILES string of the molecule is C=CCOC(CCS(=O)(=O)O)C(CC)S(=O)(=O)[O-].[Na+]. The second kappa shape index (κ2) is 9.46. The molecule has 0 aromatic carbocycles. The average Bonchev–Trinajstić information content (AvgIpc) is 2.19. The van der Waals surface area contributed by atoms with Crippen LogP contribution in [-0.4, -0.2) is 49.7 Å². The van der Waals surface area contributed by atoms with E-state index in [9.17, 15) is 21.4 Å². The second-order valence-electron chi connectivity index (χ2n) is 3.67. The Labute approximate surface area is 136 Å². The molecule has 108 valence electrons. The van der Waals surface area contributed by atoms with Crippen molar-refractivity contribution in [3.63, 3.8) is 0 Å². The van der Waals surface area contributed by atoms with Gasteiger partial charge in [-0.2, -0.15) is 8.42 Å². The summed E-state index contributed by atoms with van der Waals surface area (Å²) in [4.78, 5) is 0. The Hall–Kier alpha value is 0.520. The van der Waals surface area contributed by atoms with Crippen molar-refractivity contribution in [2.24, 2.45) is 0 Å². The predicted molar refractivity (Wildman–Crippen MR) is 64.7 cm³/mol. The van der Waals surface area contributed by atoms with Crippen molar-refractivity contribution >= 4 is 20.2 Å². The summed E-state index contributed by atoms with van der Waals surface area (Å²) >= 11 is 0. The molecular formula is C9H17NaO7S2. The van der Waals surface area contributed by atoms with Gasteiger partial charge in [0.2, 0.25) is 0 Å². The van der Waals surface area contributed by atoms with Crippen LogP contribution in [0.1, 0.15) is 19.8 Å². The molecule has 7 nitrogen and oxygen atoms in total. The van der Waals surface area contributed by atoms with Gasteiger partial charge in [-0.1, -0.05) is 13.0 Å². The smallest absolute Gasteiger partial charge is 0.748 e. The van der Waals surface area contributed by atoms with Gasteiger partial charge in [0.05, 0.1) is 23.7 Å². The van der Waals surface area contributed by atoms with Crippen LogP contribution in [0.25, 0.3) is 0 Å². The molecule has 0 aliphatic heterocycles. The van der Waals surface area contributed by atoms with Gasteiger partial charge in [0, 0.05) is 0 Å². The maximum atomic E-state index is 11.0. The van der Waals surface area contributed by atoms with Gasteiger partial charge in [-0.25, -0.2) is 8.42 Å². The zero-order valence-electron chi connectivity index (χ0n) is 11.0. The van der Waals surface area contributed by atoms with Crippen LogP contribution >= 0.6 is 0 Å². The van der Waals surface area contributed by atoms with Gasteiger partial charge < -0.3 is 9.29 Å². The van der Waals surface area contributed by atoms with E-state index in [4.69, 9.17) is 9.29 Å². The number of ether oxygens (including phenoxy) is 1. The van der Waals surface area contributed by atoms with Gasteiger partial charge in [-0.05, 0) is 12.8 Å². The van der Waals surface area contributed by atoms with Crippen LogP contribution < -0.4 is 29.6 Å². The van der Waals surface area contributed by atoms with Gasteiger partial charge in [0.25, 0.3) is 10.1 Å². The van der Waals surface area contributed by atoms with E-state index in [0.717, 1.165) is 0 Å². The molecule has 0 radical (unpaired) electrons. The van der Waals surface area contributed by atoms with Crippen LogP contribution in [-0.2, 0) is 25.0 Å². The fraction of sp³-hybridized carbons (Fsp3) is 0.778. The summed E-state index contributed by atoms with van der Waals surface area (Å²) in [5.74, 6) is -0.666. The first-order valence-electron chi connectivity index (χ1n) is 5.24. The molecule has 0 fully saturated rings. The molecule has 19 heavy (non-hydrogen) atoms. The van der Waals surface area contributed by atoms with Gasteiger partial charge in [-0.3, -0.25) is 4.55 Å². The monoisotopic (exact) mass is 324 g/mol. The average molecular weight is 324 g/mol. The minimum absolute atomic E-state index is 0. The van der Waals surface area contributed by atoms with Gasteiger partial charge in [0.1, 0.15) is 10.1 Å². The third-order valence-corrected chi connectivity index (χ3v) is 4.41. The summed E-state index contributed by atoms with van der Waals surface area (Å²) < 4.78 is 68.0. The van der Waals surface area contributed by atoms with E-state index in [2.05, 4.69) is 6.58 Å². The molecular weight excluding hydrogens is 307 g/mol. The fourth-order valence-corrected chi connectivity index (χ4v) is 3.01. The zero-order chi connectivity index (χ0) is 14.4. The molecule has 10 heteroatoms. The van der Waals surface area contributed by atoms with Crippen LogP contribution in [0.5, 0.6) is 0 Å². The summed E-state index contributed by atoms with van der Waals surface area (Å²) in [6, 6.07) is 0. The first-order valence-corrected chi connectivity index (χ1v) is 8.32. The van der Waals surface area contributed by atoms with Crippen molar-refractivity contribution in [1.82, 2.24) is 0 Å². The van der Waals surface area contributed by atoms with E-state index < -0.39 is 37.3 Å². The molecule has 0 bridgehead atoms. The Morgan fingerprint density at radius 1 is 1.37 bits per heavy atom. The van der Waals surface area contributed by atoms with Crippen LogP contribution in [0, 0.1) is 0 Å².